The number of aromatic amines is 1. The summed E-state index contributed by atoms with van der Waals surface area (Å²) in [5.74, 6) is 1.09. The molecule has 2 N–H and O–H groups in total. The number of aromatic nitrogens is 2. The quantitative estimate of drug-likeness (QED) is 0.464. The largest absolute Gasteiger partial charge is 0.486 e. The number of fused-ring (bicyclic) bond motifs is 2. The van der Waals surface area contributed by atoms with Crippen molar-refractivity contribution in [1.82, 2.24) is 19.6 Å². The first-order valence-electron chi connectivity index (χ1n) is 11.1. The van der Waals surface area contributed by atoms with Gasteiger partial charge in [0.1, 0.15) is 18.7 Å². The summed E-state index contributed by atoms with van der Waals surface area (Å²) in [6.45, 7) is 1.65. The molecule has 3 heterocycles. The first kappa shape index (κ1) is 21.8. The number of rotatable bonds is 6. The molecule has 1 unspecified atom stereocenters. The molecule has 2 aromatic heterocycles. The second kappa shape index (κ2) is 9.07. The predicted molar refractivity (Wildman–Crippen MR) is 130 cm³/mol. The second-order valence-corrected chi connectivity index (χ2v) is 8.58. The van der Waals surface area contributed by atoms with Crippen LogP contribution in [0.4, 0.5) is 0 Å². The minimum Gasteiger partial charge on any atom is -0.486 e. The zero-order valence-electron chi connectivity index (χ0n) is 19.1. The van der Waals surface area contributed by atoms with E-state index in [1.807, 2.05) is 67.5 Å². The van der Waals surface area contributed by atoms with Gasteiger partial charge < -0.3 is 29.1 Å². The monoisotopic (exact) mass is 458 g/mol. The molecular weight excluding hydrogens is 432 g/mol. The normalized spacial score (nSPS) is 13.7. The summed E-state index contributed by atoms with van der Waals surface area (Å²) in [4.78, 5) is 30.9. The Bertz CT molecular complexity index is 1390. The van der Waals surface area contributed by atoms with E-state index < -0.39 is 0 Å². The van der Waals surface area contributed by atoms with Crippen molar-refractivity contribution in [2.24, 2.45) is 0 Å². The van der Waals surface area contributed by atoms with E-state index in [9.17, 15) is 9.59 Å². The number of benzene rings is 2. The maximum Gasteiger partial charge on any atom is 0.272 e. The average Bonchev–Trinajstić information content (AvgIpc) is 3.29. The van der Waals surface area contributed by atoms with Crippen LogP contribution in [0.5, 0.6) is 11.5 Å². The number of likely N-dealkylation sites (N-methyl/N-ethyl adjacent to an activating group) is 1. The Morgan fingerprint density at radius 1 is 1.06 bits per heavy atom. The number of carbonyl (C=O) groups excluding carboxylic acids is 1. The molecule has 5 rings (SSSR count). The SMILES string of the molecule is CN(C)CC(NC(=O)c1cc2c(=O)[nH]c(-c3ccc4c(c3)OCCO4)cn2c1)c1ccccc1. The fraction of sp³-hybridized carbons (Fsp3) is 0.231. The molecule has 8 nitrogen and oxygen atoms in total. The Labute approximate surface area is 196 Å². The first-order chi connectivity index (χ1) is 16.5. The van der Waals surface area contributed by atoms with Crippen molar-refractivity contribution in [3.8, 4) is 22.8 Å². The summed E-state index contributed by atoms with van der Waals surface area (Å²) in [7, 11) is 3.93. The van der Waals surface area contributed by atoms with Gasteiger partial charge >= 0.3 is 0 Å². The van der Waals surface area contributed by atoms with Gasteiger partial charge in [-0.2, -0.15) is 0 Å². The molecule has 0 bridgehead atoms. The Balaban J connectivity index is 1.44. The summed E-state index contributed by atoms with van der Waals surface area (Å²) in [6, 6.07) is 16.8. The number of ether oxygens (including phenoxy) is 2. The van der Waals surface area contributed by atoms with Crippen LogP contribution in [0.25, 0.3) is 16.8 Å². The lowest BCUT2D eigenvalue weighted by Gasteiger charge is -2.22. The standard InChI is InChI=1S/C26H26N4O4/c1-29(2)15-20(17-6-4-3-5-7-17)27-25(31)19-12-22-26(32)28-21(16-30(22)14-19)18-8-9-23-24(13-18)34-11-10-33-23/h3-9,12-14,16,20H,10-11,15H2,1-2H3,(H,27,31)(H,28,32). The highest BCUT2D eigenvalue weighted by molar-refractivity contribution is 5.96. The zero-order chi connectivity index (χ0) is 23.7. The van der Waals surface area contributed by atoms with E-state index in [4.69, 9.17) is 9.47 Å². The van der Waals surface area contributed by atoms with Gasteiger partial charge in [0.25, 0.3) is 11.5 Å². The summed E-state index contributed by atoms with van der Waals surface area (Å²) in [5, 5.41) is 3.11. The van der Waals surface area contributed by atoms with Gasteiger partial charge in [-0.15, -0.1) is 0 Å². The molecular formula is C26H26N4O4. The van der Waals surface area contributed by atoms with Crippen LogP contribution in [-0.2, 0) is 0 Å². The summed E-state index contributed by atoms with van der Waals surface area (Å²) >= 11 is 0. The smallest absolute Gasteiger partial charge is 0.272 e. The molecule has 4 aromatic rings. The number of H-pyrrole nitrogens is 1. The number of carbonyl (C=O) groups is 1. The Hall–Kier alpha value is -4.04. The number of nitrogens with one attached hydrogen (secondary N) is 2. The van der Waals surface area contributed by atoms with Crippen LogP contribution in [0, 0.1) is 0 Å². The van der Waals surface area contributed by atoms with Crippen LogP contribution in [0.1, 0.15) is 22.0 Å². The molecule has 174 valence electrons. The van der Waals surface area contributed by atoms with Gasteiger partial charge in [-0.25, -0.2) is 0 Å². The molecule has 1 atom stereocenters. The highest BCUT2D eigenvalue weighted by Crippen LogP contribution is 2.33. The van der Waals surface area contributed by atoms with E-state index in [1.54, 1.807) is 22.9 Å². The van der Waals surface area contributed by atoms with Crippen LogP contribution < -0.4 is 20.3 Å². The van der Waals surface area contributed by atoms with Crippen LogP contribution in [0.2, 0.25) is 0 Å². The number of hydrogen-bond donors (Lipinski definition) is 2. The van der Waals surface area contributed by atoms with E-state index in [0.717, 1.165) is 11.1 Å². The van der Waals surface area contributed by atoms with Crippen molar-refractivity contribution in [3.05, 3.63) is 88.5 Å². The summed E-state index contributed by atoms with van der Waals surface area (Å²) in [6.07, 6.45) is 3.48. The molecule has 0 saturated heterocycles. The maximum absolute atomic E-state index is 13.1. The van der Waals surface area contributed by atoms with Crippen LogP contribution in [-0.4, -0.2) is 54.0 Å². The van der Waals surface area contributed by atoms with Crippen molar-refractivity contribution in [3.63, 3.8) is 0 Å². The van der Waals surface area contributed by atoms with Crippen LogP contribution in [0.15, 0.2) is 71.8 Å². The lowest BCUT2D eigenvalue weighted by molar-refractivity contribution is 0.0930. The van der Waals surface area contributed by atoms with Crippen molar-refractivity contribution in [2.45, 2.75) is 6.04 Å². The van der Waals surface area contributed by atoms with E-state index in [-0.39, 0.29) is 17.5 Å². The van der Waals surface area contributed by atoms with E-state index >= 15 is 0 Å². The number of amides is 1. The fourth-order valence-corrected chi connectivity index (χ4v) is 4.13. The van der Waals surface area contributed by atoms with Gasteiger partial charge in [-0.3, -0.25) is 9.59 Å². The van der Waals surface area contributed by atoms with Gasteiger partial charge in [-0.05, 0) is 43.9 Å². The lowest BCUT2D eigenvalue weighted by atomic mass is 10.1. The third-order valence-electron chi connectivity index (χ3n) is 5.77. The maximum atomic E-state index is 13.1. The van der Waals surface area contributed by atoms with Crippen molar-refractivity contribution < 1.29 is 14.3 Å². The zero-order valence-corrected chi connectivity index (χ0v) is 19.1. The van der Waals surface area contributed by atoms with E-state index in [0.29, 0.717) is 48.0 Å². The van der Waals surface area contributed by atoms with Gasteiger partial charge in [0, 0.05) is 24.5 Å². The number of hydrogen-bond acceptors (Lipinski definition) is 5. The fourth-order valence-electron chi connectivity index (χ4n) is 4.13. The summed E-state index contributed by atoms with van der Waals surface area (Å²) in [5.41, 5.74) is 2.97. The van der Waals surface area contributed by atoms with Gasteiger partial charge in [0.05, 0.1) is 17.3 Å². The van der Waals surface area contributed by atoms with Gasteiger partial charge in [0.2, 0.25) is 0 Å². The molecule has 2 aromatic carbocycles. The summed E-state index contributed by atoms with van der Waals surface area (Å²) < 4.78 is 12.9. The van der Waals surface area contributed by atoms with Gasteiger partial charge in [0.15, 0.2) is 11.5 Å². The Morgan fingerprint density at radius 2 is 1.82 bits per heavy atom. The Kier molecular flexibility index (Phi) is 5.81. The van der Waals surface area contributed by atoms with E-state index in [2.05, 4.69) is 10.3 Å². The lowest BCUT2D eigenvalue weighted by Crippen LogP contribution is -2.35. The molecule has 0 spiro atoms. The first-order valence-corrected chi connectivity index (χ1v) is 11.1. The third-order valence-corrected chi connectivity index (χ3v) is 5.77. The molecule has 34 heavy (non-hydrogen) atoms. The van der Waals surface area contributed by atoms with Gasteiger partial charge in [-0.1, -0.05) is 30.3 Å². The second-order valence-electron chi connectivity index (χ2n) is 8.58. The van der Waals surface area contributed by atoms with Crippen molar-refractivity contribution >= 4 is 11.4 Å². The molecule has 0 saturated carbocycles. The molecule has 0 aliphatic carbocycles. The molecule has 1 aliphatic heterocycles. The molecule has 0 fully saturated rings. The highest BCUT2D eigenvalue weighted by Gasteiger charge is 2.19. The molecule has 0 radical (unpaired) electrons. The van der Waals surface area contributed by atoms with Crippen molar-refractivity contribution in [2.75, 3.05) is 33.9 Å². The molecule has 1 amide bonds. The molecule has 8 heteroatoms. The average molecular weight is 459 g/mol. The minimum atomic E-state index is -0.278. The van der Waals surface area contributed by atoms with Crippen LogP contribution in [0.3, 0.4) is 0 Å². The molecule has 1 aliphatic rings. The Morgan fingerprint density at radius 3 is 2.59 bits per heavy atom. The third kappa shape index (κ3) is 4.40. The highest BCUT2D eigenvalue weighted by atomic mass is 16.6. The van der Waals surface area contributed by atoms with E-state index in [1.165, 1.54) is 0 Å². The van der Waals surface area contributed by atoms with Crippen LogP contribution >= 0.6 is 0 Å². The number of nitrogens with zero attached hydrogens (tertiary/aromatic N) is 2. The predicted octanol–water partition coefficient (Wildman–Crippen LogP) is 3.10. The van der Waals surface area contributed by atoms with Crippen molar-refractivity contribution in [1.29, 1.82) is 0 Å². The topological polar surface area (TPSA) is 88.1 Å². The minimum absolute atomic E-state index is 0.182.